The van der Waals surface area contributed by atoms with E-state index in [2.05, 4.69) is 5.10 Å². The topological polar surface area (TPSA) is 51.1 Å². The summed E-state index contributed by atoms with van der Waals surface area (Å²) in [7, 11) is 0. The lowest BCUT2D eigenvalue weighted by Gasteiger charge is -2.19. The van der Waals surface area contributed by atoms with E-state index in [-0.39, 0.29) is 24.0 Å². The molecule has 1 aliphatic heterocycles. The third-order valence-electron chi connectivity index (χ3n) is 3.43. The lowest BCUT2D eigenvalue weighted by Crippen LogP contribution is -2.26. The molecule has 0 fully saturated rings. The SMILES string of the molecule is CC(=O)N1N=C(COc2ccc(Cl)cc2Cl)O[C@@H]1c1ccccc1F. The molecule has 0 aromatic heterocycles. The molecule has 130 valence electrons. The zero-order valence-corrected chi connectivity index (χ0v) is 14.6. The van der Waals surface area contributed by atoms with Crippen LogP contribution < -0.4 is 4.74 Å². The van der Waals surface area contributed by atoms with Gasteiger partial charge in [0.1, 0.15) is 11.6 Å². The highest BCUT2D eigenvalue weighted by Crippen LogP contribution is 2.31. The van der Waals surface area contributed by atoms with Crippen LogP contribution >= 0.6 is 23.2 Å². The van der Waals surface area contributed by atoms with E-state index in [1.54, 1.807) is 30.3 Å². The highest BCUT2D eigenvalue weighted by Gasteiger charge is 2.34. The molecule has 0 radical (unpaired) electrons. The Labute approximate surface area is 153 Å². The van der Waals surface area contributed by atoms with Gasteiger partial charge in [0.25, 0.3) is 0 Å². The van der Waals surface area contributed by atoms with Gasteiger partial charge in [-0.25, -0.2) is 4.39 Å². The first-order valence-electron chi connectivity index (χ1n) is 7.32. The highest BCUT2D eigenvalue weighted by molar-refractivity contribution is 6.35. The summed E-state index contributed by atoms with van der Waals surface area (Å²) < 4.78 is 25.2. The molecule has 25 heavy (non-hydrogen) atoms. The van der Waals surface area contributed by atoms with Gasteiger partial charge in [0, 0.05) is 11.9 Å². The number of benzene rings is 2. The van der Waals surface area contributed by atoms with Gasteiger partial charge in [-0.2, -0.15) is 5.01 Å². The minimum absolute atomic E-state index is 0.0733. The number of rotatable bonds is 4. The molecule has 0 aliphatic carbocycles. The number of carbonyl (C=O) groups excluding carboxylic acids is 1. The first-order valence-corrected chi connectivity index (χ1v) is 8.07. The number of nitrogens with zero attached hydrogens (tertiary/aromatic N) is 2. The second kappa shape index (κ2) is 7.29. The van der Waals surface area contributed by atoms with Crippen LogP contribution in [0.5, 0.6) is 5.75 Å². The minimum Gasteiger partial charge on any atom is -0.482 e. The summed E-state index contributed by atoms with van der Waals surface area (Å²) in [6.07, 6.45) is -0.974. The Morgan fingerprint density at radius 1 is 1.32 bits per heavy atom. The zero-order valence-electron chi connectivity index (χ0n) is 13.1. The molecule has 3 rings (SSSR count). The van der Waals surface area contributed by atoms with Gasteiger partial charge in [0.15, 0.2) is 6.61 Å². The number of hydrazone groups is 1. The lowest BCUT2D eigenvalue weighted by atomic mass is 10.2. The van der Waals surface area contributed by atoms with Gasteiger partial charge < -0.3 is 9.47 Å². The minimum atomic E-state index is -0.974. The predicted molar refractivity (Wildman–Crippen MR) is 92.1 cm³/mol. The van der Waals surface area contributed by atoms with Crippen molar-refractivity contribution in [1.82, 2.24) is 5.01 Å². The van der Waals surface area contributed by atoms with E-state index in [1.807, 2.05) is 0 Å². The molecule has 0 bridgehead atoms. The zero-order chi connectivity index (χ0) is 18.0. The second-order valence-electron chi connectivity index (χ2n) is 5.21. The van der Waals surface area contributed by atoms with E-state index in [0.29, 0.717) is 15.8 Å². The summed E-state index contributed by atoms with van der Waals surface area (Å²) in [5, 5.41) is 5.95. The van der Waals surface area contributed by atoms with E-state index in [0.717, 1.165) is 5.01 Å². The van der Waals surface area contributed by atoms with Crippen molar-refractivity contribution < 1.29 is 18.7 Å². The summed E-state index contributed by atoms with van der Waals surface area (Å²) in [4.78, 5) is 11.8. The normalized spacial score (nSPS) is 16.4. The van der Waals surface area contributed by atoms with Gasteiger partial charge in [-0.15, -0.1) is 5.10 Å². The van der Waals surface area contributed by atoms with Crippen LogP contribution in [0.2, 0.25) is 10.0 Å². The Kier molecular flexibility index (Phi) is 5.11. The number of hydrogen-bond donors (Lipinski definition) is 0. The monoisotopic (exact) mass is 382 g/mol. The maximum atomic E-state index is 14.0. The van der Waals surface area contributed by atoms with Crippen molar-refractivity contribution in [3.05, 3.63) is 63.9 Å². The third kappa shape index (κ3) is 3.86. The van der Waals surface area contributed by atoms with Crippen LogP contribution in [0.25, 0.3) is 0 Å². The molecule has 1 amide bonds. The van der Waals surface area contributed by atoms with Crippen LogP contribution in [-0.2, 0) is 9.53 Å². The first-order chi connectivity index (χ1) is 12.0. The molecular weight excluding hydrogens is 370 g/mol. The predicted octanol–water partition coefficient (Wildman–Crippen LogP) is 4.40. The van der Waals surface area contributed by atoms with Crippen molar-refractivity contribution in [3.8, 4) is 5.75 Å². The van der Waals surface area contributed by atoms with Gasteiger partial charge in [0.2, 0.25) is 18.0 Å². The van der Waals surface area contributed by atoms with Crippen molar-refractivity contribution in [2.45, 2.75) is 13.2 Å². The first kappa shape index (κ1) is 17.5. The molecule has 0 N–H and O–H groups in total. The third-order valence-corrected chi connectivity index (χ3v) is 3.96. The van der Waals surface area contributed by atoms with Crippen LogP contribution in [0.3, 0.4) is 0 Å². The van der Waals surface area contributed by atoms with Crippen LogP contribution in [0.4, 0.5) is 4.39 Å². The molecule has 1 atom stereocenters. The molecule has 8 heteroatoms. The highest BCUT2D eigenvalue weighted by atomic mass is 35.5. The number of ether oxygens (including phenoxy) is 2. The number of hydrogen-bond acceptors (Lipinski definition) is 4. The molecule has 0 saturated carbocycles. The molecular formula is C17H13Cl2FN2O3. The summed E-state index contributed by atoms with van der Waals surface area (Å²) in [6, 6.07) is 10.8. The van der Waals surface area contributed by atoms with Crippen LogP contribution in [0.1, 0.15) is 18.7 Å². The van der Waals surface area contributed by atoms with Crippen LogP contribution in [0.15, 0.2) is 47.6 Å². The molecule has 2 aromatic carbocycles. The van der Waals surface area contributed by atoms with Crippen molar-refractivity contribution >= 4 is 35.0 Å². The standard InChI is InChI=1S/C17H13Cl2FN2O3/c1-10(23)22-17(12-4-2-3-5-14(12)20)25-16(21-22)9-24-15-7-6-11(18)8-13(15)19/h2-8,17H,9H2,1H3/t17-/m1/s1. The second-order valence-corrected chi connectivity index (χ2v) is 6.06. The van der Waals surface area contributed by atoms with E-state index in [9.17, 15) is 9.18 Å². The quantitative estimate of drug-likeness (QED) is 0.786. The van der Waals surface area contributed by atoms with Gasteiger partial charge in [-0.1, -0.05) is 41.4 Å². The number of amides is 1. The van der Waals surface area contributed by atoms with Gasteiger partial charge in [-0.05, 0) is 24.3 Å². The van der Waals surface area contributed by atoms with Crippen molar-refractivity contribution in [2.24, 2.45) is 5.10 Å². The summed E-state index contributed by atoms with van der Waals surface area (Å²) in [5.74, 6) is -0.347. The molecule has 2 aromatic rings. The van der Waals surface area contributed by atoms with Crippen molar-refractivity contribution in [1.29, 1.82) is 0 Å². The molecule has 5 nitrogen and oxygen atoms in total. The van der Waals surface area contributed by atoms with E-state index < -0.39 is 12.0 Å². The fourth-order valence-corrected chi connectivity index (χ4v) is 2.74. The van der Waals surface area contributed by atoms with E-state index in [1.165, 1.54) is 19.1 Å². The van der Waals surface area contributed by atoms with Gasteiger partial charge in [-0.3, -0.25) is 4.79 Å². The van der Waals surface area contributed by atoms with E-state index in [4.69, 9.17) is 32.7 Å². The number of halogens is 3. The Morgan fingerprint density at radius 3 is 2.76 bits per heavy atom. The van der Waals surface area contributed by atoms with Crippen molar-refractivity contribution in [2.75, 3.05) is 6.61 Å². The largest absolute Gasteiger partial charge is 0.482 e. The Bertz CT molecular complexity index is 844. The lowest BCUT2D eigenvalue weighted by molar-refractivity contribution is -0.135. The Morgan fingerprint density at radius 2 is 2.08 bits per heavy atom. The Balaban J connectivity index is 1.76. The molecule has 1 heterocycles. The number of carbonyl (C=O) groups is 1. The molecule has 1 aliphatic rings. The summed E-state index contributed by atoms with van der Waals surface area (Å²) in [6.45, 7) is 1.25. The molecule has 0 saturated heterocycles. The van der Waals surface area contributed by atoms with Gasteiger partial charge in [0.05, 0.1) is 10.6 Å². The van der Waals surface area contributed by atoms with Crippen LogP contribution in [-0.4, -0.2) is 23.4 Å². The summed E-state index contributed by atoms with van der Waals surface area (Å²) >= 11 is 11.9. The molecule has 0 unspecified atom stereocenters. The van der Waals surface area contributed by atoms with Crippen LogP contribution in [0, 0.1) is 5.82 Å². The van der Waals surface area contributed by atoms with E-state index >= 15 is 0 Å². The maximum absolute atomic E-state index is 14.0. The smallest absolute Gasteiger partial charge is 0.247 e. The fraction of sp³-hybridized carbons (Fsp3) is 0.176. The average Bonchev–Trinajstić information content (AvgIpc) is 2.99. The Hall–Kier alpha value is -2.31. The maximum Gasteiger partial charge on any atom is 0.247 e. The van der Waals surface area contributed by atoms with Gasteiger partial charge >= 0.3 is 0 Å². The van der Waals surface area contributed by atoms with Crippen molar-refractivity contribution in [3.63, 3.8) is 0 Å². The summed E-state index contributed by atoms with van der Waals surface area (Å²) in [5.41, 5.74) is 0.209. The average molecular weight is 383 g/mol. The fourth-order valence-electron chi connectivity index (χ4n) is 2.28. The molecule has 0 spiro atoms.